The molecule has 0 rings (SSSR count). The second kappa shape index (κ2) is 7.22. The quantitative estimate of drug-likeness (QED) is 0.509. The Labute approximate surface area is 115 Å². The van der Waals surface area contributed by atoms with Gasteiger partial charge in [0.2, 0.25) is 0 Å². The van der Waals surface area contributed by atoms with E-state index in [4.69, 9.17) is 10.8 Å². The maximum atomic E-state index is 10.5. The van der Waals surface area contributed by atoms with Crippen LogP contribution in [0.25, 0.3) is 0 Å². The number of aliphatic hydroxyl groups excluding tert-OH is 2. The summed E-state index contributed by atoms with van der Waals surface area (Å²) in [6.45, 7) is 8.66. The molecule has 0 fully saturated rings. The number of carbonyl (C=O) groups is 1. The number of rotatable bonds is 9. The molecule has 0 radical (unpaired) electrons. The summed E-state index contributed by atoms with van der Waals surface area (Å²) >= 11 is 0. The zero-order valence-electron chi connectivity index (χ0n) is 12.5. The Morgan fingerprint density at radius 3 is 2.16 bits per heavy atom. The number of hydrogen-bond donors (Lipinski definition) is 4. The number of carboxylic acids is 1. The molecule has 0 unspecified atom stereocenters. The summed E-state index contributed by atoms with van der Waals surface area (Å²) in [6, 6.07) is 0. The molecular weight excluding hydrogens is 246 g/mol. The van der Waals surface area contributed by atoms with Crippen LogP contribution in [0, 0.1) is 10.8 Å². The minimum atomic E-state index is -1.05. The highest BCUT2D eigenvalue weighted by Gasteiger charge is 2.35. The molecule has 0 saturated carbocycles. The highest BCUT2D eigenvalue weighted by molar-refractivity contribution is 5.67. The maximum absolute atomic E-state index is 10.5. The first kappa shape index (κ1) is 18.4. The van der Waals surface area contributed by atoms with Gasteiger partial charge < -0.3 is 21.1 Å². The average molecular weight is 275 g/mol. The Bertz CT molecular complexity index is 289. The van der Waals surface area contributed by atoms with E-state index in [1.165, 1.54) is 0 Å². The van der Waals surface area contributed by atoms with Crippen LogP contribution in [-0.2, 0) is 4.79 Å². The summed E-state index contributed by atoms with van der Waals surface area (Å²) in [4.78, 5) is 10.5. The molecule has 0 bridgehead atoms. The zero-order chi connectivity index (χ0) is 15.3. The van der Waals surface area contributed by atoms with Crippen LogP contribution >= 0.6 is 0 Å². The Morgan fingerprint density at radius 1 is 1.21 bits per heavy atom. The molecular formula is C14H29NO4. The van der Waals surface area contributed by atoms with Crippen LogP contribution in [0.4, 0.5) is 0 Å². The van der Waals surface area contributed by atoms with Gasteiger partial charge in [-0.05, 0) is 30.2 Å². The van der Waals surface area contributed by atoms with Crippen molar-refractivity contribution in [1.29, 1.82) is 0 Å². The first-order valence-electron chi connectivity index (χ1n) is 6.78. The van der Waals surface area contributed by atoms with Crippen LogP contribution < -0.4 is 5.73 Å². The standard InChI is InChI=1S/C14H29NO4/c1-13(2,5-6-15)9-14(3,4)11(17)7-10(16)8-12(18)19/h10-11,16-17H,5-9,15H2,1-4H3,(H,18,19)/t10-,11+/m1/s1. The summed E-state index contributed by atoms with van der Waals surface area (Å²) in [5, 5.41) is 28.4. The fourth-order valence-corrected chi connectivity index (χ4v) is 2.69. The molecule has 0 aromatic rings. The summed E-state index contributed by atoms with van der Waals surface area (Å²) in [7, 11) is 0. The zero-order valence-corrected chi connectivity index (χ0v) is 12.5. The Kier molecular flexibility index (Phi) is 6.97. The van der Waals surface area contributed by atoms with Gasteiger partial charge in [-0.2, -0.15) is 0 Å². The Morgan fingerprint density at radius 2 is 1.74 bits per heavy atom. The number of aliphatic carboxylic acids is 1. The first-order chi connectivity index (χ1) is 8.50. The summed E-state index contributed by atoms with van der Waals surface area (Å²) in [5.74, 6) is -1.05. The third kappa shape index (κ3) is 7.50. The molecule has 0 aromatic heterocycles. The van der Waals surface area contributed by atoms with E-state index in [0.29, 0.717) is 6.54 Å². The van der Waals surface area contributed by atoms with E-state index in [1.54, 1.807) is 0 Å². The molecule has 0 heterocycles. The van der Waals surface area contributed by atoms with Crippen molar-refractivity contribution in [3.05, 3.63) is 0 Å². The van der Waals surface area contributed by atoms with Crippen molar-refractivity contribution in [2.75, 3.05) is 6.54 Å². The SMILES string of the molecule is CC(C)(CCN)CC(C)(C)[C@@H](O)C[C@@H](O)CC(=O)O. The van der Waals surface area contributed by atoms with Gasteiger partial charge in [-0.3, -0.25) is 4.79 Å². The predicted octanol–water partition coefficient (Wildman–Crippen LogP) is 1.36. The summed E-state index contributed by atoms with van der Waals surface area (Å²) < 4.78 is 0. The molecule has 5 nitrogen and oxygen atoms in total. The fraction of sp³-hybridized carbons (Fsp3) is 0.929. The number of nitrogens with two attached hydrogens (primary N) is 1. The van der Waals surface area contributed by atoms with Crippen molar-refractivity contribution in [2.24, 2.45) is 16.6 Å². The van der Waals surface area contributed by atoms with Crippen molar-refractivity contribution in [2.45, 2.75) is 65.6 Å². The lowest BCUT2D eigenvalue weighted by Crippen LogP contribution is -2.37. The lowest BCUT2D eigenvalue weighted by atomic mass is 9.69. The van der Waals surface area contributed by atoms with Gasteiger partial charge in [-0.1, -0.05) is 27.7 Å². The third-order valence-electron chi connectivity index (χ3n) is 3.56. The molecule has 0 amide bonds. The minimum absolute atomic E-state index is 0.0109. The highest BCUT2D eigenvalue weighted by Crippen LogP contribution is 2.39. The number of carboxylic acid groups (broad SMARTS) is 1. The lowest BCUT2D eigenvalue weighted by molar-refractivity contribution is -0.139. The van der Waals surface area contributed by atoms with Crippen LogP contribution in [-0.4, -0.2) is 40.0 Å². The smallest absolute Gasteiger partial charge is 0.305 e. The topological polar surface area (TPSA) is 104 Å². The van der Waals surface area contributed by atoms with Crippen LogP contribution in [0.1, 0.15) is 53.4 Å². The van der Waals surface area contributed by atoms with Gasteiger partial charge >= 0.3 is 5.97 Å². The molecule has 5 heteroatoms. The second-order valence-corrected chi connectivity index (χ2v) is 6.87. The summed E-state index contributed by atoms with van der Waals surface area (Å²) in [5.41, 5.74) is 5.20. The van der Waals surface area contributed by atoms with E-state index in [2.05, 4.69) is 13.8 Å². The minimum Gasteiger partial charge on any atom is -0.481 e. The summed E-state index contributed by atoms with van der Waals surface area (Å²) in [6.07, 6.45) is -0.376. The van der Waals surface area contributed by atoms with Crippen LogP contribution in [0.2, 0.25) is 0 Å². The molecule has 0 aromatic carbocycles. The van der Waals surface area contributed by atoms with E-state index in [9.17, 15) is 15.0 Å². The van der Waals surface area contributed by atoms with Gasteiger partial charge in [0.1, 0.15) is 0 Å². The van der Waals surface area contributed by atoms with E-state index in [1.807, 2.05) is 13.8 Å². The van der Waals surface area contributed by atoms with Gasteiger partial charge in [0, 0.05) is 6.42 Å². The molecule has 114 valence electrons. The molecule has 2 atom stereocenters. The van der Waals surface area contributed by atoms with Gasteiger partial charge in [-0.25, -0.2) is 0 Å². The van der Waals surface area contributed by atoms with Crippen molar-refractivity contribution in [1.82, 2.24) is 0 Å². The fourth-order valence-electron chi connectivity index (χ4n) is 2.69. The van der Waals surface area contributed by atoms with Gasteiger partial charge in [0.15, 0.2) is 0 Å². The second-order valence-electron chi connectivity index (χ2n) is 6.87. The van der Waals surface area contributed by atoms with E-state index < -0.39 is 23.6 Å². The first-order valence-corrected chi connectivity index (χ1v) is 6.78. The van der Waals surface area contributed by atoms with Gasteiger partial charge in [-0.15, -0.1) is 0 Å². The monoisotopic (exact) mass is 275 g/mol. The molecule has 5 N–H and O–H groups in total. The van der Waals surface area contributed by atoms with Crippen LogP contribution in [0.15, 0.2) is 0 Å². The molecule has 0 saturated heterocycles. The van der Waals surface area contributed by atoms with Crippen molar-refractivity contribution < 1.29 is 20.1 Å². The van der Waals surface area contributed by atoms with Crippen LogP contribution in [0.3, 0.4) is 0 Å². The van der Waals surface area contributed by atoms with Crippen LogP contribution in [0.5, 0.6) is 0 Å². The number of aliphatic hydroxyl groups is 2. The van der Waals surface area contributed by atoms with Gasteiger partial charge in [0.25, 0.3) is 0 Å². The maximum Gasteiger partial charge on any atom is 0.305 e. The Balaban J connectivity index is 4.50. The van der Waals surface area contributed by atoms with Crippen molar-refractivity contribution in [3.8, 4) is 0 Å². The Hall–Kier alpha value is -0.650. The average Bonchev–Trinajstić information content (AvgIpc) is 2.13. The molecule has 19 heavy (non-hydrogen) atoms. The van der Waals surface area contributed by atoms with E-state index >= 15 is 0 Å². The molecule has 0 spiro atoms. The van der Waals surface area contributed by atoms with Gasteiger partial charge in [0.05, 0.1) is 18.6 Å². The molecule has 0 aliphatic rings. The van der Waals surface area contributed by atoms with Crippen molar-refractivity contribution >= 4 is 5.97 Å². The third-order valence-corrected chi connectivity index (χ3v) is 3.56. The molecule has 0 aliphatic carbocycles. The lowest BCUT2D eigenvalue weighted by Gasteiger charge is -2.38. The van der Waals surface area contributed by atoms with Crippen molar-refractivity contribution in [3.63, 3.8) is 0 Å². The largest absolute Gasteiger partial charge is 0.481 e. The molecule has 0 aliphatic heterocycles. The normalized spacial score (nSPS) is 16.2. The highest BCUT2D eigenvalue weighted by atomic mass is 16.4. The predicted molar refractivity (Wildman–Crippen MR) is 74.7 cm³/mol. The van der Waals surface area contributed by atoms with E-state index in [0.717, 1.165) is 12.8 Å². The van der Waals surface area contributed by atoms with E-state index in [-0.39, 0.29) is 18.3 Å². The number of hydrogen-bond acceptors (Lipinski definition) is 4.